The topological polar surface area (TPSA) is 61.4 Å². The molecule has 2 bridgehead atoms. The van der Waals surface area contributed by atoms with Crippen LogP contribution in [0.3, 0.4) is 0 Å². The summed E-state index contributed by atoms with van der Waals surface area (Å²) in [6.07, 6.45) is 11.5. The molecule has 1 aromatic carbocycles. The number of rotatable bonds is 7. The van der Waals surface area contributed by atoms with Crippen molar-refractivity contribution in [2.75, 3.05) is 20.7 Å². The number of nitrogens with one attached hydrogen (secondary N) is 1. The van der Waals surface area contributed by atoms with Crippen molar-refractivity contribution in [1.82, 2.24) is 14.9 Å². The van der Waals surface area contributed by atoms with Crippen molar-refractivity contribution in [3.63, 3.8) is 0 Å². The van der Waals surface area contributed by atoms with Crippen LogP contribution < -0.4 is 4.74 Å². The van der Waals surface area contributed by atoms with Gasteiger partial charge < -0.3 is 19.7 Å². The molecule has 5 nitrogen and oxygen atoms in total. The van der Waals surface area contributed by atoms with Crippen molar-refractivity contribution in [3.8, 4) is 11.5 Å². The highest BCUT2D eigenvalue weighted by molar-refractivity contribution is 5.57. The molecule has 0 spiro atoms. The van der Waals surface area contributed by atoms with Gasteiger partial charge in [0, 0.05) is 29.1 Å². The van der Waals surface area contributed by atoms with Crippen LogP contribution in [0.5, 0.6) is 11.5 Å². The van der Waals surface area contributed by atoms with Crippen molar-refractivity contribution in [2.45, 2.75) is 82.6 Å². The van der Waals surface area contributed by atoms with Crippen LogP contribution in [0.2, 0.25) is 0 Å². The number of H-pyrrole nitrogens is 1. The van der Waals surface area contributed by atoms with E-state index in [0.717, 1.165) is 50.0 Å². The van der Waals surface area contributed by atoms with E-state index in [1.54, 1.807) is 7.11 Å². The lowest BCUT2D eigenvalue weighted by atomic mass is 9.52. The molecule has 1 fully saturated rings. The third kappa shape index (κ3) is 3.36. The molecule has 0 amide bonds. The fourth-order valence-corrected chi connectivity index (χ4v) is 6.74. The molecule has 168 valence electrons. The Labute approximate surface area is 186 Å². The predicted molar refractivity (Wildman–Crippen MR) is 123 cm³/mol. The summed E-state index contributed by atoms with van der Waals surface area (Å²) < 4.78 is 5.51. The number of likely N-dealkylation sites (N-methyl/N-ethyl adjacent to an activating group) is 1. The summed E-state index contributed by atoms with van der Waals surface area (Å²) in [7, 11) is 3.92. The van der Waals surface area contributed by atoms with Crippen LogP contribution in [0.25, 0.3) is 0 Å². The fourth-order valence-electron chi connectivity index (χ4n) is 6.74. The number of imidazole rings is 1. The number of phenols is 1. The first-order valence-electron chi connectivity index (χ1n) is 12.2. The second-order valence-corrected chi connectivity index (χ2v) is 10.1. The number of aromatic amines is 1. The third-order valence-corrected chi connectivity index (χ3v) is 8.36. The molecule has 31 heavy (non-hydrogen) atoms. The van der Waals surface area contributed by atoms with Crippen LogP contribution in [0.4, 0.5) is 0 Å². The number of phenolic OH excluding ortho intramolecular Hbond substituents is 1. The quantitative estimate of drug-likeness (QED) is 0.642. The maximum atomic E-state index is 11.2. The summed E-state index contributed by atoms with van der Waals surface area (Å²) in [6.45, 7) is 3.34. The summed E-state index contributed by atoms with van der Waals surface area (Å²) in [5.41, 5.74) is 5.00. The average Bonchev–Trinajstić information content (AvgIpc) is 3.15. The Kier molecular flexibility index (Phi) is 5.49. The van der Waals surface area contributed by atoms with Gasteiger partial charge in [-0.05, 0) is 63.2 Å². The van der Waals surface area contributed by atoms with E-state index in [0.29, 0.717) is 23.5 Å². The molecule has 2 heterocycles. The minimum absolute atomic E-state index is 0.0265. The minimum atomic E-state index is -0.0265. The predicted octanol–water partition coefficient (Wildman–Crippen LogP) is 4.55. The van der Waals surface area contributed by atoms with Crippen LogP contribution in [0, 0.1) is 5.92 Å². The Bertz CT molecular complexity index is 952. The molecule has 0 saturated carbocycles. The van der Waals surface area contributed by atoms with Crippen molar-refractivity contribution < 1.29 is 9.84 Å². The number of aromatic nitrogens is 2. The van der Waals surface area contributed by atoms with Gasteiger partial charge in [-0.3, -0.25) is 0 Å². The number of likely N-dealkylation sites (tertiary alicyclic amines) is 1. The van der Waals surface area contributed by atoms with E-state index in [-0.39, 0.29) is 5.41 Å². The number of hydrogen-bond acceptors (Lipinski definition) is 4. The standard InChI is InChI=1S/C26H37N3O2/c1-4-5-6-7-8-9-23-27-19-15-18-21-14-17-10-11-22(31-3)25(30)24(17)26(18,12-13-29(21)2)16-20(19)28-23/h10-11,18,21,30H,4-9,12-16H2,1-3H3,(H,27,28)/t18-,21+,26-/m1/s1. The lowest BCUT2D eigenvalue weighted by molar-refractivity contribution is 0.0215. The maximum Gasteiger partial charge on any atom is 0.161 e. The van der Waals surface area contributed by atoms with E-state index in [9.17, 15) is 5.11 Å². The molecule has 0 radical (unpaired) electrons. The second-order valence-electron chi connectivity index (χ2n) is 10.1. The summed E-state index contributed by atoms with van der Waals surface area (Å²) in [5.74, 6) is 2.62. The van der Waals surface area contributed by atoms with Gasteiger partial charge >= 0.3 is 0 Å². The van der Waals surface area contributed by atoms with Crippen molar-refractivity contribution in [2.24, 2.45) is 5.92 Å². The number of benzene rings is 1. The first kappa shape index (κ1) is 20.9. The number of ether oxygens (including phenoxy) is 1. The number of nitrogens with zero attached hydrogens (tertiary/aromatic N) is 2. The second kappa shape index (κ2) is 8.16. The highest BCUT2D eigenvalue weighted by atomic mass is 16.5. The highest BCUT2D eigenvalue weighted by Crippen LogP contribution is 2.57. The number of hydrogen-bond donors (Lipinski definition) is 2. The van der Waals surface area contributed by atoms with Gasteiger partial charge in [0.05, 0.1) is 12.8 Å². The van der Waals surface area contributed by atoms with Crippen LogP contribution in [0.1, 0.15) is 73.8 Å². The Morgan fingerprint density at radius 1 is 1.23 bits per heavy atom. The summed E-state index contributed by atoms with van der Waals surface area (Å²) in [4.78, 5) is 11.3. The summed E-state index contributed by atoms with van der Waals surface area (Å²) in [6, 6.07) is 4.63. The summed E-state index contributed by atoms with van der Waals surface area (Å²) in [5, 5.41) is 11.2. The van der Waals surface area contributed by atoms with Gasteiger partial charge in [-0.2, -0.15) is 0 Å². The number of aromatic hydroxyl groups is 1. The normalized spacial score (nSPS) is 26.8. The van der Waals surface area contributed by atoms with Gasteiger partial charge in [-0.25, -0.2) is 4.98 Å². The Balaban J connectivity index is 1.48. The van der Waals surface area contributed by atoms with E-state index < -0.39 is 0 Å². The van der Waals surface area contributed by atoms with Gasteiger partial charge in [0.1, 0.15) is 5.82 Å². The molecule has 5 rings (SSSR count). The lowest BCUT2D eigenvalue weighted by Gasteiger charge is -2.57. The fraction of sp³-hybridized carbons (Fsp3) is 0.654. The van der Waals surface area contributed by atoms with Gasteiger partial charge in [-0.1, -0.05) is 38.7 Å². The van der Waals surface area contributed by atoms with Crippen LogP contribution >= 0.6 is 0 Å². The Morgan fingerprint density at radius 3 is 2.87 bits per heavy atom. The number of piperidine rings is 1. The SMILES string of the molecule is CCCCCCCc1nc2c([nH]1)C[C@@]13CCN(C)[C@@H](Cc4ccc(OC)c(O)c41)[C@H]3C2. The highest BCUT2D eigenvalue weighted by Gasteiger charge is 2.56. The number of aryl methyl sites for hydroxylation is 1. The molecule has 2 aliphatic carbocycles. The maximum absolute atomic E-state index is 11.2. The van der Waals surface area contributed by atoms with Crippen molar-refractivity contribution >= 4 is 0 Å². The zero-order valence-electron chi connectivity index (χ0n) is 19.3. The molecule has 3 aliphatic rings. The molecule has 5 heteroatoms. The van der Waals surface area contributed by atoms with Gasteiger partial charge in [0.2, 0.25) is 0 Å². The van der Waals surface area contributed by atoms with Gasteiger partial charge in [0.15, 0.2) is 11.5 Å². The third-order valence-electron chi connectivity index (χ3n) is 8.36. The van der Waals surface area contributed by atoms with Gasteiger partial charge in [0.25, 0.3) is 0 Å². The smallest absolute Gasteiger partial charge is 0.161 e. The average molecular weight is 424 g/mol. The molecule has 1 aliphatic heterocycles. The first-order chi connectivity index (χ1) is 15.1. The van der Waals surface area contributed by atoms with E-state index in [1.807, 2.05) is 6.07 Å². The first-order valence-corrected chi connectivity index (χ1v) is 12.2. The molecular weight excluding hydrogens is 386 g/mol. The molecular formula is C26H37N3O2. The van der Waals surface area contributed by atoms with E-state index in [1.165, 1.54) is 49.1 Å². The monoisotopic (exact) mass is 423 g/mol. The summed E-state index contributed by atoms with van der Waals surface area (Å²) >= 11 is 0. The molecule has 1 saturated heterocycles. The van der Waals surface area contributed by atoms with E-state index in [2.05, 4.69) is 29.9 Å². The van der Waals surface area contributed by atoms with Crippen molar-refractivity contribution in [1.29, 1.82) is 0 Å². The Hall–Kier alpha value is -2.01. The van der Waals surface area contributed by atoms with Crippen LogP contribution in [-0.2, 0) is 31.1 Å². The lowest BCUT2D eigenvalue weighted by Crippen LogP contribution is -2.61. The van der Waals surface area contributed by atoms with Crippen molar-refractivity contribution in [3.05, 3.63) is 40.5 Å². The van der Waals surface area contributed by atoms with E-state index >= 15 is 0 Å². The molecule has 2 N–H and O–H groups in total. The number of fused-ring (bicyclic) bond motifs is 2. The molecule has 0 unspecified atom stereocenters. The van der Waals surface area contributed by atoms with E-state index in [4.69, 9.17) is 9.72 Å². The zero-order valence-corrected chi connectivity index (χ0v) is 19.3. The molecule has 2 aromatic rings. The van der Waals surface area contributed by atoms with Crippen LogP contribution in [-0.4, -0.2) is 46.7 Å². The molecule has 1 aromatic heterocycles. The van der Waals surface area contributed by atoms with Crippen LogP contribution in [0.15, 0.2) is 12.1 Å². The zero-order chi connectivity index (χ0) is 21.6. The minimum Gasteiger partial charge on any atom is -0.504 e. The number of unbranched alkanes of at least 4 members (excludes halogenated alkanes) is 4. The van der Waals surface area contributed by atoms with Gasteiger partial charge in [-0.15, -0.1) is 0 Å². The Morgan fingerprint density at radius 2 is 2.06 bits per heavy atom. The molecule has 3 atom stereocenters. The number of methoxy groups -OCH3 is 1. The largest absolute Gasteiger partial charge is 0.504 e.